The summed E-state index contributed by atoms with van der Waals surface area (Å²) in [4.78, 5) is 7.08. The first-order chi connectivity index (χ1) is 21.9. The van der Waals surface area contributed by atoms with Crippen molar-refractivity contribution in [1.29, 1.82) is 0 Å². The fraction of sp³-hybridized carbons (Fsp3) is 0.100. The van der Waals surface area contributed by atoms with Crippen molar-refractivity contribution in [2.45, 2.75) is 37.5 Å². The highest BCUT2D eigenvalue weighted by Crippen LogP contribution is 2.46. The molecule has 0 atom stereocenters. The lowest BCUT2D eigenvalue weighted by Crippen LogP contribution is -2.09. The predicted molar refractivity (Wildman–Crippen MR) is 201 cm³/mol. The quantitative estimate of drug-likeness (QED) is 0.137. The largest absolute Gasteiger partial charge is 0.311 e. The number of aryl methyl sites for hydroxylation is 4. The normalized spacial score (nSPS) is 10.9. The summed E-state index contributed by atoms with van der Waals surface area (Å²) in [7, 11) is 5.36. The summed E-state index contributed by atoms with van der Waals surface area (Å²) in [5.74, 6) is 0. The second kappa shape index (κ2) is 14.4. The molecule has 0 aliphatic rings. The molecule has 0 aromatic heterocycles. The molecular formula is C40H36N2S3. The average Bonchev–Trinajstić information content (AvgIpc) is 3.06. The van der Waals surface area contributed by atoms with E-state index in [4.69, 9.17) is 0 Å². The molecule has 0 fully saturated rings. The molecule has 0 radical (unpaired) electrons. The minimum absolute atomic E-state index is 1.15. The van der Waals surface area contributed by atoms with Crippen LogP contribution < -0.4 is 9.80 Å². The van der Waals surface area contributed by atoms with Crippen LogP contribution in [0.25, 0.3) is 0 Å². The van der Waals surface area contributed by atoms with Crippen molar-refractivity contribution in [3.63, 3.8) is 0 Å². The van der Waals surface area contributed by atoms with Crippen LogP contribution in [0, 0.1) is 27.7 Å². The fourth-order valence-electron chi connectivity index (χ4n) is 5.07. The Bertz CT molecular complexity index is 1590. The molecular weight excluding hydrogens is 605 g/mol. The van der Waals surface area contributed by atoms with Crippen molar-refractivity contribution in [3.05, 3.63) is 168 Å². The van der Waals surface area contributed by atoms with E-state index in [1.165, 1.54) is 32.0 Å². The molecule has 2 nitrogen and oxygen atoms in total. The molecule has 0 unspecified atom stereocenters. The summed E-state index contributed by atoms with van der Waals surface area (Å²) in [6.45, 7) is 8.51. The van der Waals surface area contributed by atoms with Crippen LogP contribution >= 0.6 is 31.4 Å². The van der Waals surface area contributed by atoms with E-state index in [0.29, 0.717) is 0 Å². The lowest BCUT2D eigenvalue weighted by Gasteiger charge is -2.26. The Hall–Kier alpha value is -4.03. The molecule has 0 amide bonds. The average molecular weight is 641 g/mol. The molecule has 6 rings (SSSR count). The second-order valence-electron chi connectivity index (χ2n) is 11.2. The highest BCUT2D eigenvalue weighted by molar-refractivity contribution is 9.09. The number of rotatable bonds is 10. The van der Waals surface area contributed by atoms with Gasteiger partial charge in [0, 0.05) is 43.9 Å². The Labute approximate surface area is 279 Å². The molecule has 0 N–H and O–H groups in total. The van der Waals surface area contributed by atoms with E-state index < -0.39 is 0 Å². The van der Waals surface area contributed by atoms with Crippen molar-refractivity contribution in [3.8, 4) is 0 Å². The second-order valence-corrected chi connectivity index (χ2v) is 15.3. The number of hydrogen-bond acceptors (Lipinski definition) is 5. The van der Waals surface area contributed by atoms with Crippen molar-refractivity contribution in [2.24, 2.45) is 0 Å². The van der Waals surface area contributed by atoms with E-state index >= 15 is 0 Å². The molecule has 0 spiro atoms. The molecule has 224 valence electrons. The van der Waals surface area contributed by atoms with Crippen LogP contribution in [0.2, 0.25) is 0 Å². The zero-order valence-electron chi connectivity index (χ0n) is 26.0. The third kappa shape index (κ3) is 7.80. The highest BCUT2D eigenvalue weighted by atomic mass is 33.5. The Balaban J connectivity index is 1.13. The van der Waals surface area contributed by atoms with Gasteiger partial charge in [0.15, 0.2) is 0 Å². The molecule has 0 aliphatic carbocycles. The van der Waals surface area contributed by atoms with Crippen LogP contribution in [-0.2, 0) is 0 Å². The molecule has 0 aliphatic heterocycles. The summed E-state index contributed by atoms with van der Waals surface area (Å²) in [6.07, 6.45) is 0. The maximum Gasteiger partial charge on any atom is 0.0462 e. The third-order valence-electron chi connectivity index (χ3n) is 7.62. The molecule has 6 aromatic carbocycles. The summed E-state index contributed by atoms with van der Waals surface area (Å²) in [6, 6.07) is 52.6. The number of nitrogens with zero attached hydrogens (tertiary/aromatic N) is 2. The van der Waals surface area contributed by atoms with Gasteiger partial charge in [0.05, 0.1) is 0 Å². The van der Waals surface area contributed by atoms with Crippen molar-refractivity contribution in [2.75, 3.05) is 9.80 Å². The number of benzene rings is 6. The molecule has 0 saturated heterocycles. The first-order valence-electron chi connectivity index (χ1n) is 15.0. The molecule has 45 heavy (non-hydrogen) atoms. The standard InChI is InChI=1S/C40H36N2S3/c1-29-5-13-33(14-6-29)41(34-15-7-30(2)8-16-34)37-21-25-39(26-22-37)43-45-44-40-27-23-38(24-28-40)42(35-17-9-31(3)10-18-35)36-19-11-32(4)12-20-36/h5-28H,1-4H3. The van der Waals surface area contributed by atoms with Gasteiger partial charge in [-0.2, -0.15) is 0 Å². The summed E-state index contributed by atoms with van der Waals surface area (Å²) < 4.78 is 0. The van der Waals surface area contributed by atoms with Crippen LogP contribution in [0.3, 0.4) is 0 Å². The van der Waals surface area contributed by atoms with Crippen LogP contribution in [0.1, 0.15) is 22.3 Å². The van der Waals surface area contributed by atoms with E-state index in [2.05, 4.69) is 183 Å². The third-order valence-corrected chi connectivity index (χ3v) is 11.5. The predicted octanol–water partition coefficient (Wildman–Crippen LogP) is 13.3. The first kappa shape index (κ1) is 31.0. The van der Waals surface area contributed by atoms with Gasteiger partial charge < -0.3 is 9.80 Å². The van der Waals surface area contributed by atoms with Gasteiger partial charge >= 0.3 is 0 Å². The van der Waals surface area contributed by atoms with E-state index in [-0.39, 0.29) is 0 Å². The lowest BCUT2D eigenvalue weighted by atomic mass is 10.1. The SMILES string of the molecule is Cc1ccc(N(c2ccc(C)cc2)c2ccc(SSSc3ccc(N(c4ccc(C)cc4)c4ccc(C)cc4)cc3)cc2)cc1. The van der Waals surface area contributed by atoms with Gasteiger partial charge in [0.25, 0.3) is 0 Å². The van der Waals surface area contributed by atoms with Gasteiger partial charge in [-0.05, 0) is 156 Å². The maximum absolute atomic E-state index is 2.31. The minimum atomic E-state index is 1.15. The van der Waals surface area contributed by atoms with Gasteiger partial charge in [-0.15, -0.1) is 0 Å². The molecule has 0 bridgehead atoms. The smallest absolute Gasteiger partial charge is 0.0462 e. The van der Waals surface area contributed by atoms with Crippen molar-refractivity contribution >= 4 is 65.5 Å². The van der Waals surface area contributed by atoms with Gasteiger partial charge in [0.2, 0.25) is 0 Å². The molecule has 6 aromatic rings. The van der Waals surface area contributed by atoms with Crippen LogP contribution in [0.5, 0.6) is 0 Å². The van der Waals surface area contributed by atoms with Crippen LogP contribution in [0.4, 0.5) is 34.1 Å². The van der Waals surface area contributed by atoms with E-state index in [1.54, 1.807) is 31.4 Å². The van der Waals surface area contributed by atoms with Gasteiger partial charge in [0.1, 0.15) is 0 Å². The Morgan fingerprint density at radius 2 is 0.489 bits per heavy atom. The van der Waals surface area contributed by atoms with Crippen molar-refractivity contribution < 1.29 is 0 Å². The minimum Gasteiger partial charge on any atom is -0.311 e. The number of hydrogen-bond donors (Lipinski definition) is 0. The molecule has 0 heterocycles. The first-order valence-corrected chi connectivity index (χ1v) is 18.5. The van der Waals surface area contributed by atoms with E-state index in [9.17, 15) is 0 Å². The topological polar surface area (TPSA) is 6.48 Å². The zero-order chi connectivity index (χ0) is 31.2. The molecule has 5 heteroatoms. The Morgan fingerprint density at radius 3 is 0.711 bits per heavy atom. The lowest BCUT2D eigenvalue weighted by molar-refractivity contribution is 1.26. The molecule has 0 saturated carbocycles. The van der Waals surface area contributed by atoms with Gasteiger partial charge in [-0.1, -0.05) is 70.8 Å². The summed E-state index contributed by atoms with van der Waals surface area (Å²) >= 11 is 0. The van der Waals surface area contributed by atoms with E-state index in [0.717, 1.165) is 34.1 Å². The zero-order valence-corrected chi connectivity index (χ0v) is 28.4. The maximum atomic E-state index is 2.31. The van der Waals surface area contributed by atoms with Gasteiger partial charge in [-0.3, -0.25) is 0 Å². The monoisotopic (exact) mass is 640 g/mol. The van der Waals surface area contributed by atoms with Gasteiger partial charge in [-0.25, -0.2) is 0 Å². The fourth-order valence-corrected chi connectivity index (χ4v) is 8.71. The van der Waals surface area contributed by atoms with Crippen LogP contribution in [-0.4, -0.2) is 0 Å². The van der Waals surface area contributed by atoms with E-state index in [1.807, 2.05) is 0 Å². The summed E-state index contributed by atoms with van der Waals surface area (Å²) in [5.41, 5.74) is 11.9. The Kier molecular flexibility index (Phi) is 9.90. The van der Waals surface area contributed by atoms with Crippen LogP contribution in [0.15, 0.2) is 155 Å². The highest BCUT2D eigenvalue weighted by Gasteiger charge is 2.14. The van der Waals surface area contributed by atoms with Crippen molar-refractivity contribution in [1.82, 2.24) is 0 Å². The Morgan fingerprint density at radius 1 is 0.289 bits per heavy atom. The number of anilines is 6. The summed E-state index contributed by atoms with van der Waals surface area (Å²) in [5, 5.41) is 0.